The average Bonchev–Trinajstić information content (AvgIpc) is 2.24. The summed E-state index contributed by atoms with van der Waals surface area (Å²) >= 11 is 0. The number of nitrogens with zero attached hydrogens (tertiary/aromatic N) is 2. The van der Waals surface area contributed by atoms with E-state index in [9.17, 15) is 13.6 Å². The maximum Gasteiger partial charge on any atom is 0.263 e. The van der Waals surface area contributed by atoms with E-state index in [0.717, 1.165) is 4.90 Å². The zero-order chi connectivity index (χ0) is 10.1. The van der Waals surface area contributed by atoms with Crippen LogP contribution in [-0.2, 0) is 4.79 Å². The lowest BCUT2D eigenvalue weighted by molar-refractivity contribution is -0.119. The summed E-state index contributed by atoms with van der Waals surface area (Å²) < 4.78 is 25.5. The molecular formula is C7H9F2N3O. The van der Waals surface area contributed by atoms with E-state index in [1.165, 1.54) is 0 Å². The molecule has 0 radical (unpaired) electrons. The van der Waals surface area contributed by atoms with Crippen molar-refractivity contribution in [1.82, 2.24) is 4.90 Å². The first-order valence-corrected chi connectivity index (χ1v) is 3.74. The summed E-state index contributed by atoms with van der Waals surface area (Å²) in [6, 6.07) is 0.813. The molecule has 1 fully saturated rings. The minimum atomic E-state index is -2.88. The molecule has 2 N–H and O–H groups in total. The van der Waals surface area contributed by atoms with E-state index in [-0.39, 0.29) is 6.54 Å². The highest BCUT2D eigenvalue weighted by Crippen LogP contribution is 2.31. The Morgan fingerprint density at radius 3 is 2.85 bits per heavy atom. The molecule has 1 rings (SSSR count). The first-order valence-electron chi connectivity index (χ1n) is 3.74. The molecule has 6 heteroatoms. The number of hydrogen-bond donors (Lipinski definition) is 1. The van der Waals surface area contributed by atoms with Crippen molar-refractivity contribution in [3.05, 3.63) is 0 Å². The van der Waals surface area contributed by atoms with Crippen molar-refractivity contribution in [2.24, 2.45) is 5.73 Å². The van der Waals surface area contributed by atoms with Crippen molar-refractivity contribution in [1.29, 1.82) is 5.26 Å². The largest absolute Gasteiger partial charge is 0.369 e. The third-order valence-corrected chi connectivity index (χ3v) is 1.88. The molecule has 0 aliphatic carbocycles. The third kappa shape index (κ3) is 2.36. The van der Waals surface area contributed by atoms with Gasteiger partial charge in [-0.3, -0.25) is 9.69 Å². The Morgan fingerprint density at radius 2 is 2.38 bits per heavy atom. The summed E-state index contributed by atoms with van der Waals surface area (Å²) in [6.07, 6.45) is -0.517. The van der Waals surface area contributed by atoms with Gasteiger partial charge in [0.25, 0.3) is 5.92 Å². The van der Waals surface area contributed by atoms with Crippen LogP contribution in [0.25, 0.3) is 0 Å². The average molecular weight is 189 g/mol. The van der Waals surface area contributed by atoms with E-state index in [0.29, 0.717) is 0 Å². The van der Waals surface area contributed by atoms with Crippen LogP contribution < -0.4 is 5.73 Å². The fraction of sp³-hybridized carbons (Fsp3) is 0.714. The van der Waals surface area contributed by atoms with Gasteiger partial charge in [0.2, 0.25) is 5.91 Å². The quantitative estimate of drug-likeness (QED) is 0.648. The standard InChI is InChI=1S/C7H9F2N3O/c8-7(9)1-5(2-10)12(4-7)3-6(11)13/h5H,1,3-4H2,(H2,11,13)/t5-/m0/s1. The van der Waals surface area contributed by atoms with Crippen LogP contribution in [0.2, 0.25) is 0 Å². The molecule has 72 valence electrons. The van der Waals surface area contributed by atoms with Crippen LogP contribution in [-0.4, -0.2) is 35.9 Å². The highest BCUT2D eigenvalue weighted by atomic mass is 19.3. The van der Waals surface area contributed by atoms with Crippen molar-refractivity contribution >= 4 is 5.91 Å². The van der Waals surface area contributed by atoms with Crippen molar-refractivity contribution in [3.8, 4) is 6.07 Å². The lowest BCUT2D eigenvalue weighted by atomic mass is 10.2. The number of likely N-dealkylation sites (tertiary alicyclic amines) is 1. The molecule has 0 unspecified atom stereocenters. The second-order valence-corrected chi connectivity index (χ2v) is 3.08. The molecule has 1 atom stereocenters. The number of alkyl halides is 2. The molecule has 1 saturated heterocycles. The summed E-state index contributed by atoms with van der Waals surface area (Å²) in [5.41, 5.74) is 4.84. The molecule has 1 aliphatic heterocycles. The number of amides is 1. The molecule has 1 heterocycles. The molecule has 1 amide bonds. The molecule has 1 aliphatic rings. The van der Waals surface area contributed by atoms with Crippen LogP contribution in [0.3, 0.4) is 0 Å². The molecule has 0 aromatic carbocycles. The van der Waals surface area contributed by atoms with Gasteiger partial charge in [0.1, 0.15) is 6.04 Å². The van der Waals surface area contributed by atoms with Gasteiger partial charge < -0.3 is 5.73 Å². The van der Waals surface area contributed by atoms with E-state index >= 15 is 0 Å². The second-order valence-electron chi connectivity index (χ2n) is 3.08. The van der Waals surface area contributed by atoms with Crippen molar-refractivity contribution < 1.29 is 13.6 Å². The van der Waals surface area contributed by atoms with Crippen LogP contribution in [0.5, 0.6) is 0 Å². The molecule has 0 bridgehead atoms. The van der Waals surface area contributed by atoms with Gasteiger partial charge in [0, 0.05) is 6.42 Å². The number of primary amides is 1. The molecule has 13 heavy (non-hydrogen) atoms. The Balaban J connectivity index is 2.65. The summed E-state index contributed by atoms with van der Waals surface area (Å²) in [5, 5.41) is 8.50. The SMILES string of the molecule is N#C[C@@H]1CC(F)(F)CN1CC(N)=O. The monoisotopic (exact) mass is 189 g/mol. The summed E-state index contributed by atoms with van der Waals surface area (Å²) in [7, 11) is 0. The lowest BCUT2D eigenvalue weighted by Gasteiger charge is -2.15. The van der Waals surface area contributed by atoms with Gasteiger partial charge in [-0.15, -0.1) is 0 Å². The van der Waals surface area contributed by atoms with E-state index < -0.39 is 30.8 Å². The first kappa shape index (κ1) is 9.86. The smallest absolute Gasteiger partial charge is 0.263 e. The van der Waals surface area contributed by atoms with Crippen LogP contribution in [0, 0.1) is 11.3 Å². The minimum Gasteiger partial charge on any atom is -0.369 e. The third-order valence-electron chi connectivity index (χ3n) is 1.88. The minimum absolute atomic E-state index is 0.284. The fourth-order valence-electron chi connectivity index (χ4n) is 1.38. The summed E-state index contributed by atoms with van der Waals surface area (Å²) in [4.78, 5) is 11.6. The number of carbonyl (C=O) groups excluding carboxylic acids is 1. The zero-order valence-corrected chi connectivity index (χ0v) is 6.83. The number of nitriles is 1. The van der Waals surface area contributed by atoms with Gasteiger partial charge in [-0.2, -0.15) is 5.26 Å². The van der Waals surface area contributed by atoms with E-state index in [4.69, 9.17) is 11.0 Å². The zero-order valence-electron chi connectivity index (χ0n) is 6.83. The molecule has 0 aromatic rings. The Bertz CT molecular complexity index is 261. The predicted molar refractivity (Wildman–Crippen MR) is 39.7 cm³/mol. The Labute approximate surface area is 73.9 Å². The lowest BCUT2D eigenvalue weighted by Crippen LogP contribution is -2.37. The van der Waals surface area contributed by atoms with Crippen molar-refractivity contribution in [3.63, 3.8) is 0 Å². The summed E-state index contributed by atoms with van der Waals surface area (Å²) in [6.45, 7) is -0.845. The number of halogens is 2. The van der Waals surface area contributed by atoms with Crippen LogP contribution >= 0.6 is 0 Å². The van der Waals surface area contributed by atoms with Crippen LogP contribution in [0.1, 0.15) is 6.42 Å². The van der Waals surface area contributed by atoms with Gasteiger partial charge in [-0.1, -0.05) is 0 Å². The molecule has 0 saturated carbocycles. The second kappa shape index (κ2) is 3.26. The number of nitrogens with two attached hydrogens (primary N) is 1. The maximum absolute atomic E-state index is 12.7. The van der Waals surface area contributed by atoms with E-state index in [2.05, 4.69) is 0 Å². The predicted octanol–water partition coefficient (Wildman–Crippen LogP) is -0.295. The van der Waals surface area contributed by atoms with Crippen LogP contribution in [0.4, 0.5) is 8.78 Å². The highest BCUT2D eigenvalue weighted by Gasteiger charge is 2.45. The van der Waals surface area contributed by atoms with Crippen molar-refractivity contribution in [2.75, 3.05) is 13.1 Å². The number of rotatable bonds is 2. The highest BCUT2D eigenvalue weighted by molar-refractivity contribution is 5.76. The van der Waals surface area contributed by atoms with Crippen LogP contribution in [0.15, 0.2) is 0 Å². The Hall–Kier alpha value is -1.22. The molecule has 0 spiro atoms. The van der Waals surface area contributed by atoms with Gasteiger partial charge in [-0.25, -0.2) is 8.78 Å². The van der Waals surface area contributed by atoms with Crippen molar-refractivity contribution in [2.45, 2.75) is 18.4 Å². The molecule has 0 aromatic heterocycles. The fourth-order valence-corrected chi connectivity index (χ4v) is 1.38. The van der Waals surface area contributed by atoms with Gasteiger partial charge >= 0.3 is 0 Å². The normalized spacial score (nSPS) is 27.0. The molecular weight excluding hydrogens is 180 g/mol. The number of hydrogen-bond acceptors (Lipinski definition) is 3. The summed E-state index contributed by atoms with van der Waals surface area (Å²) in [5.74, 6) is -3.58. The van der Waals surface area contributed by atoms with Gasteiger partial charge in [0.15, 0.2) is 0 Å². The van der Waals surface area contributed by atoms with E-state index in [1.807, 2.05) is 0 Å². The Kier molecular flexibility index (Phi) is 2.48. The first-order chi connectivity index (χ1) is 5.94. The molecule has 4 nitrogen and oxygen atoms in total. The Morgan fingerprint density at radius 1 is 1.77 bits per heavy atom. The maximum atomic E-state index is 12.7. The topological polar surface area (TPSA) is 70.1 Å². The van der Waals surface area contributed by atoms with E-state index in [1.54, 1.807) is 6.07 Å². The number of carbonyl (C=O) groups is 1. The van der Waals surface area contributed by atoms with Gasteiger partial charge in [-0.05, 0) is 0 Å². The van der Waals surface area contributed by atoms with Gasteiger partial charge in [0.05, 0.1) is 19.2 Å².